The number of benzene rings is 2. The Kier molecular flexibility index (Phi) is 7.26. The summed E-state index contributed by atoms with van der Waals surface area (Å²) in [6.45, 7) is 1.20. The van der Waals surface area contributed by atoms with E-state index in [0.29, 0.717) is 23.2 Å². The number of hydrogen-bond donors (Lipinski definition) is 1. The van der Waals surface area contributed by atoms with Crippen molar-refractivity contribution >= 4 is 21.9 Å². The van der Waals surface area contributed by atoms with Gasteiger partial charge in [0.2, 0.25) is 10.0 Å². The van der Waals surface area contributed by atoms with Crippen LogP contribution in [-0.2, 0) is 10.0 Å². The number of nitrogens with zero attached hydrogens (tertiary/aromatic N) is 1. The molecule has 2 aromatic rings. The molecular weight excluding hydrogens is 348 g/mol. The summed E-state index contributed by atoms with van der Waals surface area (Å²) in [4.78, 5) is 14.5. The molecule has 2 rings (SSSR count). The Morgan fingerprint density at radius 2 is 1.73 bits per heavy atom. The Morgan fingerprint density at radius 3 is 2.42 bits per heavy atom. The minimum absolute atomic E-state index is 0.0921. The van der Waals surface area contributed by atoms with Crippen LogP contribution in [0.4, 0.5) is 0 Å². The molecule has 6 heteroatoms. The number of hydrogen-bond acceptors (Lipinski definition) is 4. The normalized spacial score (nSPS) is 12.0. The minimum Gasteiger partial charge on any atom is -0.309 e. The number of ketones is 1. The molecule has 0 unspecified atom stereocenters. The van der Waals surface area contributed by atoms with Gasteiger partial charge in [0.1, 0.15) is 0 Å². The van der Waals surface area contributed by atoms with Gasteiger partial charge in [0.15, 0.2) is 5.78 Å². The zero-order chi connectivity index (χ0) is 19.0. The SMILES string of the molecule is CN(C)CCCNS(=O)(=O)/C=C/c1cccc(C(=O)c2ccccc2)c1. The highest BCUT2D eigenvalue weighted by Crippen LogP contribution is 2.13. The summed E-state index contributed by atoms with van der Waals surface area (Å²) < 4.78 is 26.6. The average molecular weight is 372 g/mol. The van der Waals surface area contributed by atoms with Gasteiger partial charge in [0.05, 0.1) is 0 Å². The van der Waals surface area contributed by atoms with E-state index < -0.39 is 10.0 Å². The first-order valence-corrected chi connectivity index (χ1v) is 9.94. The second-order valence-electron chi connectivity index (χ2n) is 6.22. The summed E-state index contributed by atoms with van der Waals surface area (Å²) in [7, 11) is 0.388. The van der Waals surface area contributed by atoms with Crippen LogP contribution in [0.25, 0.3) is 6.08 Å². The fraction of sp³-hybridized carbons (Fsp3) is 0.250. The van der Waals surface area contributed by atoms with Crippen LogP contribution in [0, 0.1) is 0 Å². The van der Waals surface area contributed by atoms with E-state index >= 15 is 0 Å². The fourth-order valence-corrected chi connectivity index (χ4v) is 3.23. The largest absolute Gasteiger partial charge is 0.309 e. The lowest BCUT2D eigenvalue weighted by Crippen LogP contribution is -2.25. The summed E-state index contributed by atoms with van der Waals surface area (Å²) in [5, 5.41) is 1.13. The van der Waals surface area contributed by atoms with E-state index in [1.165, 1.54) is 6.08 Å². The van der Waals surface area contributed by atoms with E-state index in [2.05, 4.69) is 4.72 Å². The predicted octanol–water partition coefficient (Wildman–Crippen LogP) is 2.76. The number of nitrogens with one attached hydrogen (secondary N) is 1. The molecule has 0 saturated heterocycles. The van der Waals surface area contributed by atoms with Crippen LogP contribution in [0.15, 0.2) is 60.0 Å². The molecule has 0 spiro atoms. The zero-order valence-corrected chi connectivity index (χ0v) is 15.9. The van der Waals surface area contributed by atoms with Gasteiger partial charge in [0.25, 0.3) is 0 Å². The molecule has 26 heavy (non-hydrogen) atoms. The smallest absolute Gasteiger partial charge is 0.233 e. The van der Waals surface area contributed by atoms with Gasteiger partial charge >= 0.3 is 0 Å². The third-order valence-electron chi connectivity index (χ3n) is 3.71. The third-order valence-corrected chi connectivity index (χ3v) is 4.81. The Hall–Kier alpha value is -2.28. The van der Waals surface area contributed by atoms with E-state index in [-0.39, 0.29) is 5.78 Å². The van der Waals surface area contributed by atoms with Gasteiger partial charge in [0, 0.05) is 23.1 Å². The highest BCUT2D eigenvalue weighted by Gasteiger charge is 2.09. The number of rotatable bonds is 9. The first-order valence-electron chi connectivity index (χ1n) is 8.40. The maximum Gasteiger partial charge on any atom is 0.233 e. The van der Waals surface area contributed by atoms with Crippen molar-refractivity contribution in [3.05, 3.63) is 76.7 Å². The molecule has 2 aromatic carbocycles. The molecule has 0 heterocycles. The number of sulfonamides is 1. The van der Waals surface area contributed by atoms with Crippen LogP contribution in [0.3, 0.4) is 0 Å². The van der Waals surface area contributed by atoms with Crippen molar-refractivity contribution in [2.24, 2.45) is 0 Å². The highest BCUT2D eigenvalue weighted by atomic mass is 32.2. The Balaban J connectivity index is 2.03. The van der Waals surface area contributed by atoms with E-state index in [9.17, 15) is 13.2 Å². The summed E-state index contributed by atoms with van der Waals surface area (Å²) >= 11 is 0. The lowest BCUT2D eigenvalue weighted by Gasteiger charge is -2.08. The molecule has 0 aliphatic carbocycles. The van der Waals surface area contributed by atoms with Crippen molar-refractivity contribution in [1.82, 2.24) is 9.62 Å². The van der Waals surface area contributed by atoms with Crippen LogP contribution in [0.2, 0.25) is 0 Å². The Labute approximate surface area is 155 Å². The molecule has 0 aromatic heterocycles. The minimum atomic E-state index is -3.50. The molecule has 0 bridgehead atoms. The van der Waals surface area contributed by atoms with E-state index in [1.54, 1.807) is 36.4 Å². The number of carbonyl (C=O) groups excluding carboxylic acids is 1. The average Bonchev–Trinajstić information content (AvgIpc) is 2.64. The Bertz CT molecular complexity index is 860. The first-order chi connectivity index (χ1) is 12.4. The molecule has 5 nitrogen and oxygen atoms in total. The van der Waals surface area contributed by atoms with Crippen molar-refractivity contribution in [3.8, 4) is 0 Å². The fourth-order valence-electron chi connectivity index (χ4n) is 2.37. The maximum atomic E-state index is 12.5. The van der Waals surface area contributed by atoms with Gasteiger partial charge in [-0.15, -0.1) is 0 Å². The Morgan fingerprint density at radius 1 is 1.04 bits per heavy atom. The van der Waals surface area contributed by atoms with E-state index in [1.807, 2.05) is 37.2 Å². The van der Waals surface area contributed by atoms with E-state index in [4.69, 9.17) is 0 Å². The van der Waals surface area contributed by atoms with Crippen LogP contribution in [0.5, 0.6) is 0 Å². The number of carbonyl (C=O) groups is 1. The summed E-state index contributed by atoms with van der Waals surface area (Å²) in [5.41, 5.74) is 1.78. The van der Waals surface area contributed by atoms with Gasteiger partial charge in [-0.3, -0.25) is 4.79 Å². The molecule has 138 valence electrons. The summed E-state index contributed by atoms with van der Waals surface area (Å²) in [6, 6.07) is 15.9. The summed E-state index contributed by atoms with van der Waals surface area (Å²) in [5.74, 6) is -0.0921. The second kappa shape index (κ2) is 9.43. The molecule has 0 atom stereocenters. The lowest BCUT2D eigenvalue weighted by atomic mass is 10.0. The van der Waals surface area contributed by atoms with Gasteiger partial charge < -0.3 is 4.90 Å². The predicted molar refractivity (Wildman–Crippen MR) is 105 cm³/mol. The first kappa shape index (κ1) is 20.0. The molecule has 0 aliphatic rings. The summed E-state index contributed by atoms with van der Waals surface area (Å²) in [6.07, 6.45) is 2.23. The molecule has 0 saturated carbocycles. The van der Waals surface area contributed by atoms with Crippen molar-refractivity contribution in [3.63, 3.8) is 0 Å². The van der Waals surface area contributed by atoms with Crippen molar-refractivity contribution in [2.75, 3.05) is 27.2 Å². The van der Waals surface area contributed by atoms with Gasteiger partial charge in [-0.05, 0) is 44.8 Å². The van der Waals surface area contributed by atoms with Gasteiger partial charge in [-0.25, -0.2) is 13.1 Å². The monoisotopic (exact) mass is 372 g/mol. The van der Waals surface area contributed by atoms with Crippen molar-refractivity contribution in [1.29, 1.82) is 0 Å². The lowest BCUT2D eigenvalue weighted by molar-refractivity contribution is 0.103. The van der Waals surface area contributed by atoms with Crippen molar-refractivity contribution < 1.29 is 13.2 Å². The van der Waals surface area contributed by atoms with Crippen molar-refractivity contribution in [2.45, 2.75) is 6.42 Å². The zero-order valence-electron chi connectivity index (χ0n) is 15.1. The molecule has 0 amide bonds. The maximum absolute atomic E-state index is 12.5. The highest BCUT2D eigenvalue weighted by molar-refractivity contribution is 7.92. The second-order valence-corrected chi connectivity index (χ2v) is 7.87. The third kappa shape index (κ3) is 6.55. The quantitative estimate of drug-likeness (QED) is 0.543. The molecule has 0 radical (unpaired) electrons. The standard InChI is InChI=1S/C20H24N2O3S/c1-22(2)14-7-13-21-26(24,25)15-12-17-8-6-11-19(16-17)20(23)18-9-4-3-5-10-18/h3-6,8-12,15-16,21H,7,13-14H2,1-2H3/b15-12+. The van der Waals surface area contributed by atoms with Crippen LogP contribution >= 0.6 is 0 Å². The van der Waals surface area contributed by atoms with Crippen LogP contribution < -0.4 is 4.72 Å². The van der Waals surface area contributed by atoms with E-state index in [0.717, 1.165) is 18.4 Å². The van der Waals surface area contributed by atoms with Gasteiger partial charge in [-0.1, -0.05) is 48.5 Å². The molecule has 1 N–H and O–H groups in total. The van der Waals surface area contributed by atoms with Gasteiger partial charge in [-0.2, -0.15) is 0 Å². The molecule has 0 fully saturated rings. The van der Waals surface area contributed by atoms with Crippen LogP contribution in [0.1, 0.15) is 27.9 Å². The molecular formula is C20H24N2O3S. The topological polar surface area (TPSA) is 66.5 Å². The molecule has 0 aliphatic heterocycles. The van der Waals surface area contributed by atoms with Crippen LogP contribution in [-0.4, -0.2) is 46.3 Å².